The van der Waals surface area contributed by atoms with Crippen molar-refractivity contribution < 1.29 is 19.1 Å². The second-order valence-electron chi connectivity index (χ2n) is 9.90. The van der Waals surface area contributed by atoms with Gasteiger partial charge >= 0.3 is 11.9 Å². The minimum absolute atomic E-state index is 0.118. The summed E-state index contributed by atoms with van der Waals surface area (Å²) in [6.45, 7) is 6.68. The van der Waals surface area contributed by atoms with E-state index >= 15 is 0 Å². The Bertz CT molecular complexity index is 486. The normalized spacial score (nSPS) is 12.2. The molecule has 0 saturated carbocycles. The average molecular weight is 481 g/mol. The van der Waals surface area contributed by atoms with Crippen LogP contribution in [-0.2, 0) is 19.1 Å². The Hall–Kier alpha value is -1.32. The van der Waals surface area contributed by atoms with Crippen molar-refractivity contribution in [2.75, 3.05) is 6.61 Å². The van der Waals surface area contributed by atoms with Crippen LogP contribution in [-0.4, -0.2) is 24.6 Å². The van der Waals surface area contributed by atoms with Gasteiger partial charge in [-0.15, -0.1) is 0 Å². The summed E-state index contributed by atoms with van der Waals surface area (Å²) < 4.78 is 10.4. The van der Waals surface area contributed by atoms with E-state index in [1.807, 2.05) is 6.92 Å². The summed E-state index contributed by atoms with van der Waals surface area (Å²) in [7, 11) is 0. The number of unbranched alkanes of at least 4 members (excludes halogenated alkanes) is 18. The number of esters is 2. The van der Waals surface area contributed by atoms with E-state index in [1.165, 1.54) is 115 Å². The minimum atomic E-state index is -0.478. The van der Waals surface area contributed by atoms with Crippen molar-refractivity contribution >= 4 is 11.9 Å². The molecule has 34 heavy (non-hydrogen) atoms. The maximum atomic E-state index is 11.7. The van der Waals surface area contributed by atoms with Crippen molar-refractivity contribution in [3.63, 3.8) is 0 Å². The summed E-state index contributed by atoms with van der Waals surface area (Å²) in [5.74, 6) is -0.946. The fourth-order valence-electron chi connectivity index (χ4n) is 4.15. The lowest BCUT2D eigenvalue weighted by molar-refractivity contribution is -0.143. The van der Waals surface area contributed by atoms with Crippen LogP contribution in [0.2, 0.25) is 0 Å². The predicted molar refractivity (Wildman–Crippen MR) is 144 cm³/mol. The molecular formula is C30H56O4. The van der Waals surface area contributed by atoms with Crippen molar-refractivity contribution in [1.82, 2.24) is 0 Å². The highest BCUT2D eigenvalue weighted by atomic mass is 16.5. The molecule has 0 aliphatic heterocycles. The SMILES string of the molecule is CCCCCCCCCCCCCCCCCCCCOC(=O)/C=C/C(=O)OC(C)CCCC. The van der Waals surface area contributed by atoms with Gasteiger partial charge in [-0.05, 0) is 19.8 Å². The van der Waals surface area contributed by atoms with E-state index in [4.69, 9.17) is 9.47 Å². The molecule has 0 bridgehead atoms. The molecule has 0 aromatic carbocycles. The van der Waals surface area contributed by atoms with Gasteiger partial charge in [-0.1, -0.05) is 136 Å². The number of hydrogen-bond acceptors (Lipinski definition) is 4. The lowest BCUT2D eigenvalue weighted by atomic mass is 10.0. The van der Waals surface area contributed by atoms with Gasteiger partial charge in [0.25, 0.3) is 0 Å². The third kappa shape index (κ3) is 25.3. The second-order valence-corrected chi connectivity index (χ2v) is 9.90. The van der Waals surface area contributed by atoms with Crippen molar-refractivity contribution in [3.05, 3.63) is 12.2 Å². The molecule has 0 N–H and O–H groups in total. The van der Waals surface area contributed by atoms with Gasteiger partial charge in [-0.2, -0.15) is 0 Å². The zero-order valence-electron chi connectivity index (χ0n) is 22.9. The Morgan fingerprint density at radius 3 is 1.38 bits per heavy atom. The van der Waals surface area contributed by atoms with Gasteiger partial charge in [0.2, 0.25) is 0 Å². The Morgan fingerprint density at radius 1 is 0.559 bits per heavy atom. The van der Waals surface area contributed by atoms with E-state index in [2.05, 4.69) is 13.8 Å². The van der Waals surface area contributed by atoms with Crippen LogP contribution >= 0.6 is 0 Å². The van der Waals surface area contributed by atoms with Crippen LogP contribution in [0.3, 0.4) is 0 Å². The van der Waals surface area contributed by atoms with Gasteiger partial charge < -0.3 is 9.47 Å². The minimum Gasteiger partial charge on any atom is -0.463 e. The van der Waals surface area contributed by atoms with Crippen LogP contribution < -0.4 is 0 Å². The first-order chi connectivity index (χ1) is 16.6. The Balaban J connectivity index is 3.34. The summed E-state index contributed by atoms with van der Waals surface area (Å²) in [4.78, 5) is 23.3. The molecule has 4 nitrogen and oxygen atoms in total. The summed E-state index contributed by atoms with van der Waals surface area (Å²) in [6.07, 6.45) is 29.2. The largest absolute Gasteiger partial charge is 0.463 e. The van der Waals surface area contributed by atoms with E-state index in [0.29, 0.717) is 6.61 Å². The van der Waals surface area contributed by atoms with Crippen LogP contribution in [0.1, 0.15) is 156 Å². The van der Waals surface area contributed by atoms with Crippen molar-refractivity contribution in [1.29, 1.82) is 0 Å². The summed E-state index contributed by atoms with van der Waals surface area (Å²) in [5, 5.41) is 0. The van der Waals surface area contributed by atoms with Crippen LogP contribution in [0.5, 0.6) is 0 Å². The smallest absolute Gasteiger partial charge is 0.331 e. The second kappa shape index (κ2) is 26.3. The van der Waals surface area contributed by atoms with E-state index in [0.717, 1.165) is 32.1 Å². The maximum Gasteiger partial charge on any atom is 0.331 e. The van der Waals surface area contributed by atoms with Gasteiger partial charge in [0.15, 0.2) is 0 Å². The maximum absolute atomic E-state index is 11.7. The molecule has 0 saturated heterocycles. The standard InChI is InChI=1S/C30H56O4/c1-4-6-8-9-10-11-12-13-14-15-16-17-18-19-20-21-22-23-27-33-29(31)25-26-30(32)34-28(3)24-7-5-2/h25-26,28H,4-24,27H2,1-3H3/b26-25+. The molecule has 0 spiro atoms. The predicted octanol–water partition coefficient (Wildman–Crippen LogP) is 9.25. The van der Waals surface area contributed by atoms with E-state index in [1.54, 1.807) is 0 Å². The first kappa shape index (κ1) is 32.7. The molecule has 0 aromatic rings. The van der Waals surface area contributed by atoms with Crippen LogP contribution in [0.4, 0.5) is 0 Å². The molecule has 0 heterocycles. The molecule has 0 aliphatic rings. The molecule has 0 fully saturated rings. The molecule has 0 radical (unpaired) electrons. The van der Waals surface area contributed by atoms with Gasteiger partial charge in [-0.25, -0.2) is 9.59 Å². The zero-order chi connectivity index (χ0) is 25.1. The number of hydrogen-bond donors (Lipinski definition) is 0. The van der Waals surface area contributed by atoms with Crippen molar-refractivity contribution in [3.8, 4) is 0 Å². The summed E-state index contributed by atoms with van der Waals surface area (Å²) >= 11 is 0. The fraction of sp³-hybridized carbons (Fsp3) is 0.867. The van der Waals surface area contributed by atoms with Gasteiger partial charge in [0.1, 0.15) is 0 Å². The Labute approximate surface area is 211 Å². The van der Waals surface area contributed by atoms with E-state index in [-0.39, 0.29) is 6.10 Å². The Kier molecular flexibility index (Phi) is 25.3. The number of ether oxygens (including phenoxy) is 2. The zero-order valence-corrected chi connectivity index (χ0v) is 22.9. The molecule has 0 amide bonds. The number of carbonyl (C=O) groups is 2. The van der Waals surface area contributed by atoms with Crippen LogP contribution in [0.15, 0.2) is 12.2 Å². The lowest BCUT2D eigenvalue weighted by Gasteiger charge is -2.10. The highest BCUT2D eigenvalue weighted by Gasteiger charge is 2.07. The number of carbonyl (C=O) groups excluding carboxylic acids is 2. The number of rotatable bonds is 25. The van der Waals surface area contributed by atoms with Gasteiger partial charge in [0, 0.05) is 12.2 Å². The molecule has 0 aliphatic carbocycles. The third-order valence-electron chi connectivity index (χ3n) is 6.38. The highest BCUT2D eigenvalue weighted by molar-refractivity contribution is 5.91. The molecule has 200 valence electrons. The van der Waals surface area contributed by atoms with Gasteiger partial charge in [0.05, 0.1) is 12.7 Å². The monoisotopic (exact) mass is 480 g/mol. The van der Waals surface area contributed by atoms with Crippen LogP contribution in [0.25, 0.3) is 0 Å². The van der Waals surface area contributed by atoms with Crippen molar-refractivity contribution in [2.45, 2.75) is 162 Å². The van der Waals surface area contributed by atoms with Crippen LogP contribution in [0, 0.1) is 0 Å². The third-order valence-corrected chi connectivity index (χ3v) is 6.38. The molecule has 1 unspecified atom stereocenters. The summed E-state index contributed by atoms with van der Waals surface area (Å²) in [6, 6.07) is 0. The molecule has 1 atom stereocenters. The molecule has 0 rings (SSSR count). The molecule has 4 heteroatoms. The fourth-order valence-corrected chi connectivity index (χ4v) is 4.15. The highest BCUT2D eigenvalue weighted by Crippen LogP contribution is 2.14. The topological polar surface area (TPSA) is 52.6 Å². The first-order valence-corrected chi connectivity index (χ1v) is 14.7. The van der Waals surface area contributed by atoms with Crippen molar-refractivity contribution in [2.24, 2.45) is 0 Å². The molecule has 0 aromatic heterocycles. The first-order valence-electron chi connectivity index (χ1n) is 14.7. The lowest BCUT2D eigenvalue weighted by Crippen LogP contribution is -2.13. The average Bonchev–Trinajstić information content (AvgIpc) is 2.82. The van der Waals surface area contributed by atoms with E-state index < -0.39 is 11.9 Å². The van der Waals surface area contributed by atoms with Gasteiger partial charge in [-0.3, -0.25) is 0 Å². The Morgan fingerprint density at radius 2 is 0.941 bits per heavy atom. The van der Waals surface area contributed by atoms with E-state index in [9.17, 15) is 9.59 Å². The summed E-state index contributed by atoms with van der Waals surface area (Å²) in [5.41, 5.74) is 0. The quantitative estimate of drug-likeness (QED) is 0.0742. The molecular weight excluding hydrogens is 424 g/mol.